The van der Waals surface area contributed by atoms with E-state index >= 15 is 0 Å². The number of rotatable bonds is 2. The van der Waals surface area contributed by atoms with Gasteiger partial charge in [0.05, 0.1) is 0 Å². The Morgan fingerprint density at radius 2 is 1.57 bits per heavy atom. The van der Waals surface area contributed by atoms with Gasteiger partial charge in [-0.15, -0.1) is 0 Å². The minimum absolute atomic E-state index is 0. The molecule has 2 heteroatoms. The van der Waals surface area contributed by atoms with E-state index in [0.717, 1.165) is 6.04 Å². The summed E-state index contributed by atoms with van der Waals surface area (Å²) in [5.74, 6) is 0. The maximum absolute atomic E-state index is 3.58. The Labute approximate surface area is 90.9 Å². The first-order chi connectivity index (χ1) is 6.45. The van der Waals surface area contributed by atoms with Crippen LogP contribution in [0.4, 0.5) is 5.69 Å². The zero-order chi connectivity index (χ0) is 8.93. The monoisotopic (exact) mass is 207 g/mol. The van der Waals surface area contributed by atoms with E-state index in [-0.39, 0.29) is 11.0 Å². The maximum atomic E-state index is 3.58. The predicted octanol–water partition coefficient (Wildman–Crippen LogP) is 1.98. The lowest BCUT2D eigenvalue weighted by Gasteiger charge is -2.23. The van der Waals surface area contributed by atoms with Crippen LogP contribution in [0, 0.1) is 0 Å². The maximum Gasteiger partial charge on any atom is 0.0342 e. The Morgan fingerprint density at radius 3 is 2.21 bits per heavy atom. The Kier molecular flexibility index (Phi) is 4.74. The third-order valence-electron chi connectivity index (χ3n) is 2.75. The molecule has 1 N–H and O–H groups in total. The largest absolute Gasteiger partial charge is 0.382 e. The molecule has 2 rings (SSSR count). The summed E-state index contributed by atoms with van der Waals surface area (Å²) in [5, 5.41) is 3.58. The molecular formula is C12H21NSi. The molecule has 0 bridgehead atoms. The second-order valence-electron chi connectivity index (χ2n) is 3.85. The molecule has 1 fully saturated rings. The molecule has 0 heterocycles. The molecule has 14 heavy (non-hydrogen) atoms. The molecule has 1 aliphatic rings. The van der Waals surface area contributed by atoms with E-state index in [1.807, 2.05) is 0 Å². The fraction of sp³-hybridized carbons (Fsp3) is 0.500. The average molecular weight is 207 g/mol. The molecule has 0 unspecified atom stereocenters. The van der Waals surface area contributed by atoms with Crippen LogP contribution >= 0.6 is 0 Å². The number of hydrogen-bond donors (Lipinski definition) is 1. The topological polar surface area (TPSA) is 12.0 Å². The molecule has 0 amide bonds. The van der Waals surface area contributed by atoms with E-state index in [1.165, 1.54) is 37.8 Å². The lowest BCUT2D eigenvalue weighted by Crippen LogP contribution is -2.21. The van der Waals surface area contributed by atoms with E-state index < -0.39 is 0 Å². The van der Waals surface area contributed by atoms with Gasteiger partial charge in [-0.2, -0.15) is 0 Å². The van der Waals surface area contributed by atoms with Crippen molar-refractivity contribution in [2.75, 3.05) is 5.32 Å². The minimum atomic E-state index is 0. The van der Waals surface area contributed by atoms with Crippen LogP contribution in [0.15, 0.2) is 30.3 Å². The number of hydrogen-bond acceptors (Lipinski definition) is 1. The van der Waals surface area contributed by atoms with Crippen molar-refractivity contribution in [3.05, 3.63) is 30.3 Å². The van der Waals surface area contributed by atoms with Gasteiger partial charge >= 0.3 is 0 Å². The summed E-state index contributed by atoms with van der Waals surface area (Å²) in [6, 6.07) is 11.3. The van der Waals surface area contributed by atoms with Gasteiger partial charge in [-0.25, -0.2) is 0 Å². The van der Waals surface area contributed by atoms with Gasteiger partial charge in [-0.05, 0) is 35.9 Å². The van der Waals surface area contributed by atoms with Crippen LogP contribution in [0.2, 0.25) is 0 Å². The lowest BCUT2D eigenvalue weighted by atomic mass is 9.95. The van der Waals surface area contributed by atoms with Gasteiger partial charge in [-0.3, -0.25) is 0 Å². The van der Waals surface area contributed by atoms with Crippen LogP contribution in [0.1, 0.15) is 32.1 Å². The fourth-order valence-corrected chi connectivity index (χ4v) is 2.02. The molecule has 0 atom stereocenters. The highest BCUT2D eigenvalue weighted by molar-refractivity contribution is 5.75. The van der Waals surface area contributed by atoms with Crippen molar-refractivity contribution in [2.45, 2.75) is 38.1 Å². The Hall–Kier alpha value is -0.763. The third-order valence-corrected chi connectivity index (χ3v) is 2.75. The van der Waals surface area contributed by atoms with Gasteiger partial charge in [0.2, 0.25) is 0 Å². The van der Waals surface area contributed by atoms with Crippen LogP contribution in [0.5, 0.6) is 0 Å². The zero-order valence-electron chi connectivity index (χ0n) is 8.00. The van der Waals surface area contributed by atoms with E-state index in [9.17, 15) is 0 Å². The molecule has 1 aromatic rings. The molecule has 0 aromatic heterocycles. The highest BCUT2D eigenvalue weighted by Crippen LogP contribution is 2.21. The molecule has 1 aromatic carbocycles. The van der Waals surface area contributed by atoms with E-state index in [0.29, 0.717) is 0 Å². The van der Waals surface area contributed by atoms with Crippen molar-refractivity contribution in [1.82, 2.24) is 0 Å². The summed E-state index contributed by atoms with van der Waals surface area (Å²) in [7, 11) is 0. The molecule has 1 saturated carbocycles. The van der Waals surface area contributed by atoms with Crippen LogP contribution in [-0.4, -0.2) is 17.0 Å². The third kappa shape index (κ3) is 3.18. The average Bonchev–Trinajstić information content (AvgIpc) is 2.21. The normalized spacial score (nSPS) is 17.1. The second-order valence-corrected chi connectivity index (χ2v) is 3.85. The van der Waals surface area contributed by atoms with Gasteiger partial charge in [0, 0.05) is 11.7 Å². The number of para-hydroxylation sites is 1. The number of benzene rings is 1. The van der Waals surface area contributed by atoms with E-state index in [2.05, 4.69) is 35.6 Å². The summed E-state index contributed by atoms with van der Waals surface area (Å²) in [5.41, 5.74) is 1.27. The molecule has 1 aliphatic carbocycles. The molecule has 78 valence electrons. The van der Waals surface area contributed by atoms with Crippen LogP contribution < -0.4 is 5.32 Å². The van der Waals surface area contributed by atoms with Gasteiger partial charge in [0.25, 0.3) is 0 Å². The van der Waals surface area contributed by atoms with Crippen molar-refractivity contribution in [3.63, 3.8) is 0 Å². The van der Waals surface area contributed by atoms with Crippen molar-refractivity contribution in [1.29, 1.82) is 0 Å². The second kappa shape index (κ2) is 5.86. The van der Waals surface area contributed by atoms with Gasteiger partial charge in [-0.1, -0.05) is 37.5 Å². The smallest absolute Gasteiger partial charge is 0.0342 e. The number of anilines is 1. The first-order valence-corrected chi connectivity index (χ1v) is 5.27. The van der Waals surface area contributed by atoms with Crippen molar-refractivity contribution in [3.8, 4) is 0 Å². The van der Waals surface area contributed by atoms with E-state index in [1.54, 1.807) is 0 Å². The molecular weight excluding hydrogens is 186 g/mol. The predicted molar refractivity (Wildman–Crippen MR) is 68.3 cm³/mol. The highest BCUT2D eigenvalue weighted by atomic mass is 28.1. The standard InChI is InChI=1S/C12H17N.H4Si/c1-3-7-11(8-4-1)13-12-9-5-2-6-10-12;/h1,3-4,7-8,12-13H,2,5-6,9-10H2;1H4. The fourth-order valence-electron chi connectivity index (χ4n) is 2.02. The quantitative estimate of drug-likeness (QED) is 0.731. The summed E-state index contributed by atoms with van der Waals surface area (Å²) in [4.78, 5) is 0. The lowest BCUT2D eigenvalue weighted by molar-refractivity contribution is 0.463. The molecule has 1 nitrogen and oxygen atoms in total. The van der Waals surface area contributed by atoms with E-state index in [4.69, 9.17) is 0 Å². The Bertz CT molecular complexity index is 242. The van der Waals surface area contributed by atoms with Gasteiger partial charge in [0.15, 0.2) is 0 Å². The summed E-state index contributed by atoms with van der Waals surface area (Å²) in [6.07, 6.45) is 6.89. The Balaban J connectivity index is 0.000000980. The molecule has 0 radical (unpaired) electrons. The first kappa shape index (κ1) is 11.3. The van der Waals surface area contributed by atoms with Crippen molar-refractivity contribution >= 4 is 16.7 Å². The highest BCUT2D eigenvalue weighted by Gasteiger charge is 2.12. The van der Waals surface area contributed by atoms with Crippen LogP contribution in [0.25, 0.3) is 0 Å². The molecule has 0 saturated heterocycles. The summed E-state index contributed by atoms with van der Waals surface area (Å²) >= 11 is 0. The first-order valence-electron chi connectivity index (χ1n) is 5.27. The van der Waals surface area contributed by atoms with Crippen molar-refractivity contribution in [2.24, 2.45) is 0 Å². The number of nitrogens with one attached hydrogen (secondary N) is 1. The molecule has 0 aliphatic heterocycles. The Morgan fingerprint density at radius 1 is 0.929 bits per heavy atom. The summed E-state index contributed by atoms with van der Waals surface area (Å²) in [6.45, 7) is 0. The zero-order valence-corrected chi connectivity index (χ0v) is 8.00. The van der Waals surface area contributed by atoms with Crippen LogP contribution in [0.3, 0.4) is 0 Å². The molecule has 0 spiro atoms. The summed E-state index contributed by atoms with van der Waals surface area (Å²) < 4.78 is 0. The van der Waals surface area contributed by atoms with Crippen molar-refractivity contribution < 1.29 is 0 Å². The van der Waals surface area contributed by atoms with Crippen LogP contribution in [-0.2, 0) is 0 Å². The van der Waals surface area contributed by atoms with Gasteiger partial charge < -0.3 is 5.32 Å². The minimum Gasteiger partial charge on any atom is -0.382 e. The van der Waals surface area contributed by atoms with Gasteiger partial charge in [0.1, 0.15) is 0 Å². The SMILES string of the molecule is [SiH4].c1ccc(NC2CCCCC2)cc1.